The molecular weight excluding hydrogens is 239 g/mol. The minimum Gasteiger partial charge on any atom is -0.484 e. The Morgan fingerprint density at radius 1 is 1.69 bits per heavy atom. The van der Waals surface area contributed by atoms with Gasteiger partial charge < -0.3 is 4.74 Å². The molecule has 1 atom stereocenters. The van der Waals surface area contributed by atoms with Crippen molar-refractivity contribution in [2.45, 2.75) is 5.38 Å². The predicted octanol–water partition coefficient (Wildman–Crippen LogP) is 2.24. The summed E-state index contributed by atoms with van der Waals surface area (Å²) in [7, 11) is 0. The van der Waals surface area contributed by atoms with Gasteiger partial charge in [0.25, 0.3) is 0 Å². The van der Waals surface area contributed by atoms with E-state index in [4.69, 9.17) is 21.6 Å². The van der Waals surface area contributed by atoms with Crippen LogP contribution in [-0.2, 0) is 0 Å². The summed E-state index contributed by atoms with van der Waals surface area (Å²) in [4.78, 5) is 9.85. The van der Waals surface area contributed by atoms with Gasteiger partial charge in [0.2, 0.25) is 0 Å². The van der Waals surface area contributed by atoms with Gasteiger partial charge in [-0.2, -0.15) is 5.26 Å². The lowest BCUT2D eigenvalue weighted by Gasteiger charge is -2.06. The molecule has 0 saturated carbocycles. The van der Waals surface area contributed by atoms with E-state index >= 15 is 0 Å². The van der Waals surface area contributed by atoms with Gasteiger partial charge >= 0.3 is 5.69 Å². The smallest absolute Gasteiger partial charge is 0.311 e. The lowest BCUT2D eigenvalue weighted by Crippen LogP contribution is -2.10. The molecule has 7 heteroatoms. The topological polar surface area (TPSA) is 76.2 Å². The average Bonchev–Trinajstić information content (AvgIpc) is 2.25. The molecule has 0 heterocycles. The predicted molar refractivity (Wildman–Crippen MR) is 53.8 cm³/mol. The lowest BCUT2D eigenvalue weighted by molar-refractivity contribution is -0.385. The van der Waals surface area contributed by atoms with Crippen LogP contribution in [-0.4, -0.2) is 16.9 Å². The molecule has 0 aliphatic rings. The monoisotopic (exact) mass is 244 g/mol. The lowest BCUT2D eigenvalue weighted by atomic mass is 10.3. The molecule has 5 nitrogen and oxygen atoms in total. The summed E-state index contributed by atoms with van der Waals surface area (Å²) in [5, 5.41) is 18.0. The van der Waals surface area contributed by atoms with Crippen LogP contribution in [0.15, 0.2) is 18.2 Å². The molecule has 0 amide bonds. The number of halogens is 2. The van der Waals surface area contributed by atoms with Gasteiger partial charge in [0.15, 0.2) is 11.1 Å². The second-order valence-electron chi connectivity index (χ2n) is 2.78. The molecule has 16 heavy (non-hydrogen) atoms. The molecule has 1 aromatic carbocycles. The summed E-state index contributed by atoms with van der Waals surface area (Å²) in [6, 6.07) is 4.49. The van der Waals surface area contributed by atoms with Gasteiger partial charge in [-0.1, -0.05) is 0 Å². The molecule has 1 unspecified atom stereocenters. The second-order valence-corrected chi connectivity index (χ2v) is 3.30. The van der Waals surface area contributed by atoms with E-state index in [0.29, 0.717) is 0 Å². The zero-order valence-corrected chi connectivity index (χ0v) is 8.65. The van der Waals surface area contributed by atoms with Crippen molar-refractivity contribution in [1.29, 1.82) is 5.26 Å². The van der Waals surface area contributed by atoms with Crippen LogP contribution in [0.25, 0.3) is 0 Å². The second kappa shape index (κ2) is 5.28. The number of ether oxygens (including phenoxy) is 1. The van der Waals surface area contributed by atoms with Gasteiger partial charge in [0, 0.05) is 12.1 Å². The molecule has 0 N–H and O–H groups in total. The fourth-order valence-corrected chi connectivity index (χ4v) is 1.02. The third-order valence-electron chi connectivity index (χ3n) is 1.64. The molecule has 0 saturated heterocycles. The van der Waals surface area contributed by atoms with Crippen molar-refractivity contribution in [3.05, 3.63) is 34.1 Å². The number of rotatable bonds is 4. The SMILES string of the molecule is N#CC(Cl)COc1cc(F)ccc1[N+](=O)[O-]. The maximum atomic E-state index is 12.8. The summed E-state index contributed by atoms with van der Waals surface area (Å²) >= 11 is 5.44. The van der Waals surface area contributed by atoms with Crippen LogP contribution < -0.4 is 4.74 Å². The van der Waals surface area contributed by atoms with Crippen molar-refractivity contribution in [1.82, 2.24) is 0 Å². The molecule has 0 bridgehead atoms. The van der Waals surface area contributed by atoms with E-state index in [0.717, 1.165) is 18.2 Å². The summed E-state index contributed by atoms with van der Waals surface area (Å²) in [6.45, 7) is -0.248. The average molecular weight is 245 g/mol. The van der Waals surface area contributed by atoms with Gasteiger partial charge in [-0.25, -0.2) is 4.39 Å². The zero-order chi connectivity index (χ0) is 12.1. The van der Waals surface area contributed by atoms with Crippen molar-refractivity contribution in [2.75, 3.05) is 6.61 Å². The molecule has 0 fully saturated rings. The van der Waals surface area contributed by atoms with Crippen LogP contribution in [0, 0.1) is 27.3 Å². The highest BCUT2D eigenvalue weighted by Gasteiger charge is 2.16. The molecule has 0 aliphatic heterocycles. The van der Waals surface area contributed by atoms with Crippen molar-refractivity contribution in [2.24, 2.45) is 0 Å². The van der Waals surface area contributed by atoms with Crippen LogP contribution in [0.2, 0.25) is 0 Å². The standard InChI is InChI=1S/C9H6ClFN2O3/c10-6(4-12)5-16-9-3-7(11)1-2-8(9)13(14)15/h1-3,6H,5H2. The normalized spacial score (nSPS) is 11.6. The number of nitrogens with zero attached hydrogens (tertiary/aromatic N) is 2. The Bertz CT molecular complexity index is 447. The third-order valence-corrected chi connectivity index (χ3v) is 1.87. The third kappa shape index (κ3) is 3.07. The first-order valence-corrected chi connectivity index (χ1v) is 4.58. The Labute approximate surface area is 95.2 Å². The number of benzene rings is 1. The van der Waals surface area contributed by atoms with E-state index in [9.17, 15) is 14.5 Å². The van der Waals surface area contributed by atoms with Gasteiger partial charge in [0.05, 0.1) is 11.0 Å². The van der Waals surface area contributed by atoms with Crippen LogP contribution >= 0.6 is 11.6 Å². The van der Waals surface area contributed by atoms with E-state index in [1.807, 2.05) is 0 Å². The summed E-state index contributed by atoms with van der Waals surface area (Å²) < 4.78 is 17.7. The van der Waals surface area contributed by atoms with Crippen LogP contribution in [0.1, 0.15) is 0 Å². The van der Waals surface area contributed by atoms with E-state index < -0.39 is 16.1 Å². The summed E-state index contributed by atoms with van der Waals surface area (Å²) in [5.41, 5.74) is -0.372. The molecule has 84 valence electrons. The molecule has 0 aliphatic carbocycles. The molecule has 0 radical (unpaired) electrons. The minimum absolute atomic E-state index is 0.245. The van der Waals surface area contributed by atoms with E-state index in [1.165, 1.54) is 0 Å². The molecule has 0 spiro atoms. The molecule has 0 aromatic heterocycles. The van der Waals surface area contributed by atoms with Crippen molar-refractivity contribution < 1.29 is 14.1 Å². The molecule has 1 aromatic rings. The number of hydrogen-bond acceptors (Lipinski definition) is 4. The highest BCUT2D eigenvalue weighted by molar-refractivity contribution is 6.22. The summed E-state index contributed by atoms with van der Waals surface area (Å²) in [5.74, 6) is -0.908. The fraction of sp³-hybridized carbons (Fsp3) is 0.222. The van der Waals surface area contributed by atoms with Gasteiger partial charge in [-0.3, -0.25) is 10.1 Å². The minimum atomic E-state index is -0.942. The Morgan fingerprint density at radius 3 is 2.94 bits per heavy atom. The van der Waals surface area contributed by atoms with Gasteiger partial charge in [-0.15, -0.1) is 11.6 Å². The quantitative estimate of drug-likeness (QED) is 0.462. The fourth-order valence-electron chi connectivity index (χ4n) is 0.955. The van der Waals surface area contributed by atoms with E-state index in [2.05, 4.69) is 0 Å². The maximum Gasteiger partial charge on any atom is 0.311 e. The number of hydrogen-bond donors (Lipinski definition) is 0. The molecular formula is C9H6ClFN2O3. The highest BCUT2D eigenvalue weighted by atomic mass is 35.5. The Balaban J connectivity index is 2.89. The van der Waals surface area contributed by atoms with Gasteiger partial charge in [0.1, 0.15) is 12.4 Å². The Hall–Kier alpha value is -1.87. The van der Waals surface area contributed by atoms with Crippen LogP contribution in [0.3, 0.4) is 0 Å². The first kappa shape index (κ1) is 12.2. The largest absolute Gasteiger partial charge is 0.484 e. The van der Waals surface area contributed by atoms with E-state index in [1.54, 1.807) is 6.07 Å². The Morgan fingerprint density at radius 2 is 2.38 bits per heavy atom. The van der Waals surface area contributed by atoms with E-state index in [-0.39, 0.29) is 18.0 Å². The van der Waals surface area contributed by atoms with Crippen LogP contribution in [0.5, 0.6) is 5.75 Å². The van der Waals surface area contributed by atoms with Crippen LogP contribution in [0.4, 0.5) is 10.1 Å². The first-order valence-electron chi connectivity index (χ1n) is 4.15. The number of nitriles is 1. The highest BCUT2D eigenvalue weighted by Crippen LogP contribution is 2.27. The zero-order valence-electron chi connectivity index (χ0n) is 7.89. The van der Waals surface area contributed by atoms with Crippen molar-refractivity contribution in [3.8, 4) is 11.8 Å². The van der Waals surface area contributed by atoms with Gasteiger partial charge in [-0.05, 0) is 6.07 Å². The Kier molecular flexibility index (Phi) is 4.03. The summed E-state index contributed by atoms with van der Waals surface area (Å²) in [6.07, 6.45) is 0. The first-order chi connectivity index (χ1) is 7.54. The van der Waals surface area contributed by atoms with Crippen molar-refractivity contribution >= 4 is 17.3 Å². The maximum absolute atomic E-state index is 12.8. The number of nitro groups is 1. The van der Waals surface area contributed by atoms with Crippen molar-refractivity contribution in [3.63, 3.8) is 0 Å². The number of nitro benzene ring substituents is 1. The number of alkyl halides is 1. The molecule has 1 rings (SSSR count).